The van der Waals surface area contributed by atoms with Crippen LogP contribution < -0.4 is 5.73 Å². The molecule has 2 rings (SSSR count). The van der Waals surface area contributed by atoms with Crippen LogP contribution in [0.2, 0.25) is 0 Å². The summed E-state index contributed by atoms with van der Waals surface area (Å²) < 4.78 is 0. The lowest BCUT2D eigenvalue weighted by Gasteiger charge is -2.38. The summed E-state index contributed by atoms with van der Waals surface area (Å²) in [7, 11) is 0. The van der Waals surface area contributed by atoms with E-state index in [1.54, 1.807) is 11.3 Å². The molecule has 1 aliphatic rings. The SMILES string of the molecule is CCN(CC1CCC1)C(c1ccsc1)C(C)N. The molecule has 1 fully saturated rings. The largest absolute Gasteiger partial charge is 0.326 e. The molecule has 0 saturated heterocycles. The van der Waals surface area contributed by atoms with Crippen LogP contribution in [0.5, 0.6) is 0 Å². The van der Waals surface area contributed by atoms with E-state index in [0.717, 1.165) is 12.5 Å². The van der Waals surface area contributed by atoms with Gasteiger partial charge in [-0.05, 0) is 54.6 Å². The maximum atomic E-state index is 6.20. The van der Waals surface area contributed by atoms with Gasteiger partial charge >= 0.3 is 0 Å². The van der Waals surface area contributed by atoms with Gasteiger partial charge < -0.3 is 5.73 Å². The van der Waals surface area contributed by atoms with E-state index in [1.807, 2.05) is 0 Å². The Hall–Kier alpha value is -0.380. The average molecular weight is 252 g/mol. The molecule has 0 aromatic carbocycles. The Morgan fingerprint density at radius 2 is 2.29 bits per heavy atom. The normalized spacial score (nSPS) is 20.2. The standard InChI is InChI=1S/C14H24N2S/c1-3-16(9-12-5-4-6-12)14(11(2)15)13-7-8-17-10-13/h7-8,10-12,14H,3-6,9,15H2,1-2H3. The van der Waals surface area contributed by atoms with E-state index in [2.05, 4.69) is 35.6 Å². The summed E-state index contributed by atoms with van der Waals surface area (Å²) in [6.45, 7) is 6.70. The zero-order valence-electron chi connectivity index (χ0n) is 10.9. The number of hydrogen-bond acceptors (Lipinski definition) is 3. The van der Waals surface area contributed by atoms with E-state index in [4.69, 9.17) is 5.73 Å². The van der Waals surface area contributed by atoms with E-state index >= 15 is 0 Å². The molecule has 0 amide bonds. The fourth-order valence-electron chi connectivity index (χ4n) is 2.74. The smallest absolute Gasteiger partial charge is 0.0504 e. The summed E-state index contributed by atoms with van der Waals surface area (Å²) in [5.41, 5.74) is 7.60. The molecule has 2 unspecified atom stereocenters. The maximum absolute atomic E-state index is 6.20. The van der Waals surface area contributed by atoms with Gasteiger partial charge in [0.2, 0.25) is 0 Å². The van der Waals surface area contributed by atoms with E-state index in [9.17, 15) is 0 Å². The van der Waals surface area contributed by atoms with Crippen molar-refractivity contribution in [2.24, 2.45) is 11.7 Å². The van der Waals surface area contributed by atoms with Crippen LogP contribution in [-0.2, 0) is 0 Å². The Morgan fingerprint density at radius 1 is 1.53 bits per heavy atom. The van der Waals surface area contributed by atoms with Crippen molar-refractivity contribution in [2.75, 3.05) is 13.1 Å². The molecule has 2 N–H and O–H groups in total. The number of likely N-dealkylation sites (N-methyl/N-ethyl adjacent to an activating group) is 1. The lowest BCUT2D eigenvalue weighted by Crippen LogP contribution is -2.42. The van der Waals surface area contributed by atoms with Crippen molar-refractivity contribution in [3.63, 3.8) is 0 Å². The third-order valence-electron chi connectivity index (χ3n) is 3.90. The Bertz CT molecular complexity index is 317. The predicted molar refractivity (Wildman–Crippen MR) is 75.3 cm³/mol. The summed E-state index contributed by atoms with van der Waals surface area (Å²) in [5, 5.41) is 4.40. The predicted octanol–water partition coefficient (Wildman–Crippen LogP) is 3.26. The molecule has 1 aromatic heterocycles. The third kappa shape index (κ3) is 3.09. The fraction of sp³-hybridized carbons (Fsp3) is 0.714. The minimum atomic E-state index is 0.199. The van der Waals surface area contributed by atoms with Crippen LogP contribution in [0.1, 0.15) is 44.7 Å². The molecule has 0 radical (unpaired) electrons. The first kappa shape index (κ1) is 13.1. The summed E-state index contributed by atoms with van der Waals surface area (Å²) in [6, 6.07) is 2.82. The highest BCUT2D eigenvalue weighted by Gasteiger charge is 2.27. The molecule has 1 aliphatic carbocycles. The quantitative estimate of drug-likeness (QED) is 0.842. The Labute approximate surface area is 109 Å². The second kappa shape index (κ2) is 5.98. The van der Waals surface area contributed by atoms with Gasteiger partial charge in [-0.1, -0.05) is 13.3 Å². The minimum absolute atomic E-state index is 0.199. The van der Waals surface area contributed by atoms with Gasteiger partial charge in [-0.25, -0.2) is 0 Å². The third-order valence-corrected chi connectivity index (χ3v) is 4.60. The first-order chi connectivity index (χ1) is 8.22. The zero-order chi connectivity index (χ0) is 12.3. The molecule has 0 bridgehead atoms. The Balaban J connectivity index is 2.06. The van der Waals surface area contributed by atoms with Crippen molar-refractivity contribution in [2.45, 2.75) is 45.2 Å². The highest BCUT2D eigenvalue weighted by molar-refractivity contribution is 7.07. The molecule has 0 spiro atoms. The van der Waals surface area contributed by atoms with Crippen molar-refractivity contribution in [1.82, 2.24) is 4.90 Å². The van der Waals surface area contributed by atoms with Crippen molar-refractivity contribution < 1.29 is 0 Å². The minimum Gasteiger partial charge on any atom is -0.326 e. The second-order valence-electron chi connectivity index (χ2n) is 5.25. The van der Waals surface area contributed by atoms with Crippen LogP contribution >= 0.6 is 11.3 Å². The maximum Gasteiger partial charge on any atom is 0.0504 e. The number of hydrogen-bond donors (Lipinski definition) is 1. The van der Waals surface area contributed by atoms with Crippen LogP contribution in [0.15, 0.2) is 16.8 Å². The van der Waals surface area contributed by atoms with E-state index in [1.165, 1.54) is 31.4 Å². The highest BCUT2D eigenvalue weighted by Crippen LogP contribution is 2.32. The van der Waals surface area contributed by atoms with Gasteiger partial charge in [-0.15, -0.1) is 0 Å². The van der Waals surface area contributed by atoms with Gasteiger partial charge in [0.15, 0.2) is 0 Å². The summed E-state index contributed by atoms with van der Waals surface area (Å²) in [4.78, 5) is 2.57. The molecular formula is C14H24N2S. The summed E-state index contributed by atoms with van der Waals surface area (Å²) >= 11 is 1.77. The Morgan fingerprint density at radius 3 is 2.71 bits per heavy atom. The monoisotopic (exact) mass is 252 g/mol. The van der Waals surface area contributed by atoms with Crippen LogP contribution in [-0.4, -0.2) is 24.0 Å². The van der Waals surface area contributed by atoms with Crippen LogP contribution in [0, 0.1) is 5.92 Å². The first-order valence-electron chi connectivity index (χ1n) is 6.74. The molecule has 2 atom stereocenters. The number of rotatable bonds is 6. The molecule has 1 aromatic rings. The number of nitrogens with zero attached hydrogens (tertiary/aromatic N) is 1. The van der Waals surface area contributed by atoms with Crippen molar-refractivity contribution in [3.05, 3.63) is 22.4 Å². The lowest BCUT2D eigenvalue weighted by molar-refractivity contribution is 0.126. The van der Waals surface area contributed by atoms with Crippen molar-refractivity contribution in [3.8, 4) is 0 Å². The van der Waals surface area contributed by atoms with Crippen molar-refractivity contribution >= 4 is 11.3 Å². The van der Waals surface area contributed by atoms with Crippen molar-refractivity contribution in [1.29, 1.82) is 0 Å². The topological polar surface area (TPSA) is 29.3 Å². The van der Waals surface area contributed by atoms with Gasteiger partial charge in [-0.2, -0.15) is 11.3 Å². The first-order valence-corrected chi connectivity index (χ1v) is 7.68. The van der Waals surface area contributed by atoms with Gasteiger partial charge in [0, 0.05) is 12.6 Å². The van der Waals surface area contributed by atoms with Gasteiger partial charge in [0.25, 0.3) is 0 Å². The van der Waals surface area contributed by atoms with E-state index in [0.29, 0.717) is 6.04 Å². The lowest BCUT2D eigenvalue weighted by atomic mass is 9.84. The number of thiophene rings is 1. The molecule has 2 nitrogen and oxygen atoms in total. The summed E-state index contributed by atoms with van der Waals surface area (Å²) in [5.74, 6) is 0.912. The molecule has 1 heterocycles. The van der Waals surface area contributed by atoms with Crippen LogP contribution in [0.4, 0.5) is 0 Å². The van der Waals surface area contributed by atoms with Gasteiger partial charge in [-0.3, -0.25) is 4.90 Å². The van der Waals surface area contributed by atoms with Gasteiger partial charge in [0.1, 0.15) is 0 Å². The van der Waals surface area contributed by atoms with E-state index < -0.39 is 0 Å². The average Bonchev–Trinajstić information content (AvgIpc) is 2.73. The molecular weight excluding hydrogens is 228 g/mol. The molecule has 17 heavy (non-hydrogen) atoms. The summed E-state index contributed by atoms with van der Waals surface area (Å²) in [6.07, 6.45) is 4.24. The fourth-order valence-corrected chi connectivity index (χ4v) is 3.43. The van der Waals surface area contributed by atoms with E-state index in [-0.39, 0.29) is 6.04 Å². The highest BCUT2D eigenvalue weighted by atomic mass is 32.1. The second-order valence-corrected chi connectivity index (χ2v) is 6.03. The molecule has 1 saturated carbocycles. The molecule has 96 valence electrons. The molecule has 0 aliphatic heterocycles. The Kier molecular flexibility index (Phi) is 4.60. The van der Waals surface area contributed by atoms with Crippen LogP contribution in [0.25, 0.3) is 0 Å². The molecule has 3 heteroatoms. The van der Waals surface area contributed by atoms with Crippen LogP contribution in [0.3, 0.4) is 0 Å². The zero-order valence-corrected chi connectivity index (χ0v) is 11.7. The van der Waals surface area contributed by atoms with Gasteiger partial charge in [0.05, 0.1) is 6.04 Å². The number of nitrogens with two attached hydrogens (primary N) is 1.